The molecule has 2 fully saturated rings. The van der Waals surface area contributed by atoms with E-state index in [1.807, 2.05) is 11.0 Å². The minimum atomic E-state index is -0.237. The molecule has 2 aliphatic heterocycles. The van der Waals surface area contributed by atoms with Crippen molar-refractivity contribution in [3.63, 3.8) is 0 Å². The van der Waals surface area contributed by atoms with Gasteiger partial charge in [0, 0.05) is 56.8 Å². The molecule has 1 atom stereocenters. The number of nitrogens with one attached hydrogen (secondary N) is 1. The lowest BCUT2D eigenvalue weighted by atomic mass is 10.2. The Kier molecular flexibility index (Phi) is 5.71. The third-order valence-electron chi connectivity index (χ3n) is 5.30. The van der Waals surface area contributed by atoms with Crippen molar-refractivity contribution < 1.29 is 13.9 Å². The molecular formula is C21H25FN4O2. The number of carbonyl (C=O) groups is 1. The summed E-state index contributed by atoms with van der Waals surface area (Å²) in [6.45, 7) is 4.26. The number of benzene rings is 1. The molecule has 0 saturated carbocycles. The maximum Gasteiger partial charge on any atom is 0.254 e. The summed E-state index contributed by atoms with van der Waals surface area (Å²) in [6, 6.07) is 10.1. The van der Waals surface area contributed by atoms with Crippen LogP contribution in [0.5, 0.6) is 0 Å². The van der Waals surface area contributed by atoms with Gasteiger partial charge in [0.15, 0.2) is 0 Å². The molecule has 6 nitrogen and oxygen atoms in total. The predicted octanol–water partition coefficient (Wildman–Crippen LogP) is 2.77. The van der Waals surface area contributed by atoms with Crippen molar-refractivity contribution in [3.8, 4) is 0 Å². The van der Waals surface area contributed by atoms with Gasteiger partial charge in [0.05, 0.1) is 6.10 Å². The summed E-state index contributed by atoms with van der Waals surface area (Å²) >= 11 is 0. The molecule has 4 rings (SSSR count). The van der Waals surface area contributed by atoms with Gasteiger partial charge in [-0.3, -0.25) is 4.79 Å². The topological polar surface area (TPSA) is 57.7 Å². The van der Waals surface area contributed by atoms with E-state index in [0.717, 1.165) is 38.2 Å². The van der Waals surface area contributed by atoms with E-state index in [1.165, 1.54) is 12.1 Å². The van der Waals surface area contributed by atoms with Crippen LogP contribution < -0.4 is 10.2 Å². The van der Waals surface area contributed by atoms with E-state index in [4.69, 9.17) is 4.74 Å². The summed E-state index contributed by atoms with van der Waals surface area (Å²) in [5.74, 6) is 0.478. The number of halogens is 1. The average Bonchev–Trinajstić information content (AvgIpc) is 3.26. The number of ether oxygens (including phenoxy) is 1. The lowest BCUT2D eigenvalue weighted by molar-refractivity contribution is 0.0746. The number of aromatic nitrogens is 1. The number of anilines is 2. The number of piperazine rings is 1. The molecule has 7 heteroatoms. The largest absolute Gasteiger partial charge is 0.376 e. The molecule has 0 bridgehead atoms. The number of hydrogen-bond acceptors (Lipinski definition) is 5. The zero-order chi connectivity index (χ0) is 19.3. The number of rotatable bonds is 5. The molecule has 2 aromatic rings. The van der Waals surface area contributed by atoms with Crippen LogP contribution in [-0.2, 0) is 4.74 Å². The standard InChI is InChI=1S/C21H25FN4O2/c22-17-3-5-18(6-4-17)25-9-11-26(12-10-25)21(27)16-7-8-23-20(14-16)24-15-19-2-1-13-28-19/h3-8,14,19H,1-2,9-13,15H2,(H,23,24). The SMILES string of the molecule is O=C(c1ccnc(NCC2CCCO2)c1)N1CCN(c2ccc(F)cc2)CC1. The van der Waals surface area contributed by atoms with Crippen molar-refractivity contribution in [3.05, 3.63) is 54.0 Å². The van der Waals surface area contributed by atoms with E-state index < -0.39 is 0 Å². The lowest BCUT2D eigenvalue weighted by Crippen LogP contribution is -2.48. The van der Waals surface area contributed by atoms with Crippen LogP contribution in [0, 0.1) is 5.82 Å². The van der Waals surface area contributed by atoms with Crippen LogP contribution in [-0.4, -0.2) is 61.2 Å². The zero-order valence-corrected chi connectivity index (χ0v) is 15.8. The Morgan fingerprint density at radius 1 is 1.18 bits per heavy atom. The number of nitrogens with zero attached hydrogens (tertiary/aromatic N) is 3. The summed E-state index contributed by atoms with van der Waals surface area (Å²) < 4.78 is 18.7. The second kappa shape index (κ2) is 8.56. The highest BCUT2D eigenvalue weighted by atomic mass is 19.1. The van der Waals surface area contributed by atoms with Gasteiger partial charge in [0.1, 0.15) is 11.6 Å². The van der Waals surface area contributed by atoms with Gasteiger partial charge in [-0.1, -0.05) is 0 Å². The van der Waals surface area contributed by atoms with Crippen LogP contribution in [0.2, 0.25) is 0 Å². The highest BCUT2D eigenvalue weighted by Crippen LogP contribution is 2.19. The Morgan fingerprint density at radius 3 is 2.68 bits per heavy atom. The third-order valence-corrected chi connectivity index (χ3v) is 5.30. The Hall–Kier alpha value is -2.67. The molecule has 28 heavy (non-hydrogen) atoms. The lowest BCUT2D eigenvalue weighted by Gasteiger charge is -2.36. The molecule has 3 heterocycles. The van der Waals surface area contributed by atoms with Crippen molar-refractivity contribution in [1.29, 1.82) is 0 Å². The van der Waals surface area contributed by atoms with Gasteiger partial charge in [-0.05, 0) is 49.2 Å². The van der Waals surface area contributed by atoms with E-state index in [9.17, 15) is 9.18 Å². The molecule has 2 saturated heterocycles. The van der Waals surface area contributed by atoms with Crippen molar-refractivity contribution >= 4 is 17.4 Å². The molecule has 1 unspecified atom stereocenters. The van der Waals surface area contributed by atoms with Gasteiger partial charge < -0.3 is 19.9 Å². The minimum Gasteiger partial charge on any atom is -0.376 e. The van der Waals surface area contributed by atoms with Crippen LogP contribution in [0.1, 0.15) is 23.2 Å². The Labute approximate surface area is 164 Å². The van der Waals surface area contributed by atoms with E-state index >= 15 is 0 Å². The smallest absolute Gasteiger partial charge is 0.254 e. The summed E-state index contributed by atoms with van der Waals surface area (Å²) in [7, 11) is 0. The molecule has 1 amide bonds. The molecule has 0 radical (unpaired) electrons. The third kappa shape index (κ3) is 4.42. The average molecular weight is 384 g/mol. The number of pyridine rings is 1. The van der Waals surface area contributed by atoms with E-state index in [2.05, 4.69) is 15.2 Å². The van der Waals surface area contributed by atoms with Crippen LogP contribution in [0.15, 0.2) is 42.6 Å². The first-order valence-corrected chi connectivity index (χ1v) is 9.80. The van der Waals surface area contributed by atoms with Crippen LogP contribution >= 0.6 is 0 Å². The van der Waals surface area contributed by atoms with Crippen LogP contribution in [0.4, 0.5) is 15.9 Å². The normalized spacial score (nSPS) is 19.7. The van der Waals surface area contributed by atoms with Gasteiger partial charge in [-0.15, -0.1) is 0 Å². The minimum absolute atomic E-state index is 0.0151. The van der Waals surface area contributed by atoms with Crippen molar-refractivity contribution in [1.82, 2.24) is 9.88 Å². The van der Waals surface area contributed by atoms with Crippen molar-refractivity contribution in [2.75, 3.05) is 49.5 Å². The first kappa shape index (κ1) is 18.7. The number of amides is 1. The molecule has 1 N–H and O–H groups in total. The first-order chi connectivity index (χ1) is 13.7. The number of hydrogen-bond donors (Lipinski definition) is 1. The Morgan fingerprint density at radius 2 is 1.96 bits per heavy atom. The van der Waals surface area contributed by atoms with Crippen molar-refractivity contribution in [2.45, 2.75) is 18.9 Å². The molecule has 148 valence electrons. The summed E-state index contributed by atoms with van der Waals surface area (Å²) in [5, 5.41) is 3.27. The van der Waals surface area contributed by atoms with Gasteiger partial charge in [-0.2, -0.15) is 0 Å². The summed E-state index contributed by atoms with van der Waals surface area (Å²) in [6.07, 6.45) is 4.05. The Balaban J connectivity index is 1.33. The van der Waals surface area contributed by atoms with E-state index in [-0.39, 0.29) is 17.8 Å². The summed E-state index contributed by atoms with van der Waals surface area (Å²) in [5.41, 5.74) is 1.62. The van der Waals surface area contributed by atoms with Gasteiger partial charge in [-0.25, -0.2) is 9.37 Å². The molecule has 1 aromatic heterocycles. The molecule has 0 spiro atoms. The molecule has 1 aromatic carbocycles. The van der Waals surface area contributed by atoms with E-state index in [0.29, 0.717) is 31.0 Å². The molecular weight excluding hydrogens is 359 g/mol. The van der Waals surface area contributed by atoms with Gasteiger partial charge in [0.25, 0.3) is 5.91 Å². The second-order valence-electron chi connectivity index (χ2n) is 7.20. The quantitative estimate of drug-likeness (QED) is 0.859. The van der Waals surface area contributed by atoms with Crippen LogP contribution in [0.3, 0.4) is 0 Å². The summed E-state index contributed by atoms with van der Waals surface area (Å²) in [4.78, 5) is 21.2. The van der Waals surface area contributed by atoms with Gasteiger partial charge >= 0.3 is 0 Å². The van der Waals surface area contributed by atoms with Crippen molar-refractivity contribution in [2.24, 2.45) is 0 Å². The predicted molar refractivity (Wildman–Crippen MR) is 106 cm³/mol. The van der Waals surface area contributed by atoms with E-state index in [1.54, 1.807) is 24.4 Å². The Bertz CT molecular complexity index is 800. The fourth-order valence-electron chi connectivity index (χ4n) is 3.69. The second-order valence-corrected chi connectivity index (χ2v) is 7.20. The zero-order valence-electron chi connectivity index (χ0n) is 15.8. The maximum absolute atomic E-state index is 13.1. The fraction of sp³-hybridized carbons (Fsp3) is 0.429. The first-order valence-electron chi connectivity index (χ1n) is 9.80. The molecule has 0 aliphatic carbocycles. The highest BCUT2D eigenvalue weighted by molar-refractivity contribution is 5.95. The van der Waals surface area contributed by atoms with Crippen LogP contribution in [0.25, 0.3) is 0 Å². The number of carbonyl (C=O) groups excluding carboxylic acids is 1. The maximum atomic E-state index is 13.1. The molecule has 2 aliphatic rings. The highest BCUT2D eigenvalue weighted by Gasteiger charge is 2.23. The monoisotopic (exact) mass is 384 g/mol. The van der Waals surface area contributed by atoms with Gasteiger partial charge in [0.2, 0.25) is 0 Å². The fourth-order valence-corrected chi connectivity index (χ4v) is 3.69.